The lowest BCUT2D eigenvalue weighted by Crippen LogP contribution is -2.14. The number of nitrogens with two attached hydrogens (primary N) is 1. The Balaban J connectivity index is 2.84. The molecule has 0 spiro atoms. The number of para-hydroxylation sites is 1. The Hall–Kier alpha value is -1.55. The first-order chi connectivity index (χ1) is 7.19. The number of aryl methyl sites for hydroxylation is 1. The highest BCUT2D eigenvalue weighted by Crippen LogP contribution is 2.19. The summed E-state index contributed by atoms with van der Waals surface area (Å²) >= 11 is 0. The molecule has 0 amide bonds. The van der Waals surface area contributed by atoms with Crippen LogP contribution < -0.4 is 11.3 Å². The Bertz CT molecular complexity index is 350. The van der Waals surface area contributed by atoms with Crippen molar-refractivity contribution >= 4 is 11.7 Å². The van der Waals surface area contributed by atoms with Gasteiger partial charge in [0.25, 0.3) is 0 Å². The van der Waals surface area contributed by atoms with Gasteiger partial charge in [0.1, 0.15) is 0 Å². The van der Waals surface area contributed by atoms with Crippen molar-refractivity contribution in [3.8, 4) is 0 Å². The van der Waals surface area contributed by atoms with E-state index < -0.39 is 0 Å². The van der Waals surface area contributed by atoms with Gasteiger partial charge in [-0.3, -0.25) is 10.6 Å². The molecule has 1 aromatic rings. The predicted molar refractivity (Wildman–Crippen MR) is 59.3 cm³/mol. The van der Waals surface area contributed by atoms with Crippen LogP contribution in [0.5, 0.6) is 0 Å². The van der Waals surface area contributed by atoms with Crippen LogP contribution in [0.15, 0.2) is 18.2 Å². The number of ether oxygens (including phenoxy) is 1. The van der Waals surface area contributed by atoms with Crippen molar-refractivity contribution in [1.82, 2.24) is 0 Å². The van der Waals surface area contributed by atoms with Gasteiger partial charge in [0.2, 0.25) is 0 Å². The van der Waals surface area contributed by atoms with E-state index in [0.29, 0.717) is 6.61 Å². The second-order valence-electron chi connectivity index (χ2n) is 3.24. The molecule has 0 atom stereocenters. The summed E-state index contributed by atoms with van der Waals surface area (Å²) in [6.45, 7) is 4.12. The fourth-order valence-corrected chi connectivity index (χ4v) is 1.45. The third kappa shape index (κ3) is 2.95. The molecule has 0 fully saturated rings. The van der Waals surface area contributed by atoms with Gasteiger partial charge >= 0.3 is 5.97 Å². The van der Waals surface area contributed by atoms with Crippen molar-refractivity contribution in [3.05, 3.63) is 29.3 Å². The number of benzene rings is 1. The maximum atomic E-state index is 11.3. The zero-order valence-corrected chi connectivity index (χ0v) is 9.04. The quantitative estimate of drug-likeness (QED) is 0.446. The van der Waals surface area contributed by atoms with Crippen LogP contribution in [0.25, 0.3) is 0 Å². The third-order valence-electron chi connectivity index (χ3n) is 2.14. The van der Waals surface area contributed by atoms with E-state index in [1.165, 1.54) is 0 Å². The molecule has 0 aliphatic rings. The summed E-state index contributed by atoms with van der Waals surface area (Å²) in [7, 11) is 0. The van der Waals surface area contributed by atoms with E-state index in [1.807, 2.05) is 25.1 Å². The fraction of sp³-hybridized carbons (Fsp3) is 0.364. The molecule has 3 N–H and O–H groups in total. The number of carbonyl (C=O) groups excluding carboxylic acids is 1. The Morgan fingerprint density at radius 2 is 2.27 bits per heavy atom. The second-order valence-corrected chi connectivity index (χ2v) is 3.24. The monoisotopic (exact) mass is 208 g/mol. The normalized spacial score (nSPS) is 9.80. The fourth-order valence-electron chi connectivity index (χ4n) is 1.45. The lowest BCUT2D eigenvalue weighted by atomic mass is 10.1. The van der Waals surface area contributed by atoms with Gasteiger partial charge < -0.3 is 10.2 Å². The van der Waals surface area contributed by atoms with Crippen LogP contribution in [0.3, 0.4) is 0 Å². The second kappa shape index (κ2) is 5.36. The number of carbonyl (C=O) groups is 1. The molecule has 1 rings (SSSR count). The highest BCUT2D eigenvalue weighted by molar-refractivity contribution is 5.75. The lowest BCUT2D eigenvalue weighted by molar-refractivity contribution is -0.142. The molecule has 0 radical (unpaired) electrons. The molecule has 15 heavy (non-hydrogen) atoms. The summed E-state index contributed by atoms with van der Waals surface area (Å²) in [6, 6.07) is 5.69. The number of nitrogens with one attached hydrogen (secondary N) is 1. The first-order valence-corrected chi connectivity index (χ1v) is 4.89. The Kier molecular flexibility index (Phi) is 4.12. The number of esters is 1. The number of rotatable bonds is 4. The first-order valence-electron chi connectivity index (χ1n) is 4.89. The zero-order chi connectivity index (χ0) is 11.3. The van der Waals surface area contributed by atoms with E-state index in [1.54, 1.807) is 6.92 Å². The number of hydrogen-bond acceptors (Lipinski definition) is 4. The minimum Gasteiger partial charge on any atom is -0.466 e. The van der Waals surface area contributed by atoms with E-state index in [4.69, 9.17) is 10.6 Å². The standard InChI is InChI=1S/C11H16N2O2/c1-3-15-10(14)7-9-6-4-5-8(2)11(9)13-12/h4-6,13H,3,7,12H2,1-2H3. The van der Waals surface area contributed by atoms with Crippen LogP contribution in [0.1, 0.15) is 18.1 Å². The van der Waals surface area contributed by atoms with Gasteiger partial charge in [-0.2, -0.15) is 0 Å². The van der Waals surface area contributed by atoms with Crippen LogP contribution in [-0.4, -0.2) is 12.6 Å². The van der Waals surface area contributed by atoms with Crippen molar-refractivity contribution in [2.24, 2.45) is 5.84 Å². The molecular weight excluding hydrogens is 192 g/mol. The van der Waals surface area contributed by atoms with Crippen LogP contribution in [0.4, 0.5) is 5.69 Å². The molecule has 0 aliphatic carbocycles. The summed E-state index contributed by atoms with van der Waals surface area (Å²) in [4.78, 5) is 11.3. The molecule has 4 nitrogen and oxygen atoms in total. The Morgan fingerprint density at radius 3 is 2.87 bits per heavy atom. The van der Waals surface area contributed by atoms with Crippen molar-refractivity contribution in [2.45, 2.75) is 20.3 Å². The van der Waals surface area contributed by atoms with Crippen molar-refractivity contribution < 1.29 is 9.53 Å². The molecule has 4 heteroatoms. The van der Waals surface area contributed by atoms with Gasteiger partial charge in [0, 0.05) is 0 Å². The summed E-state index contributed by atoms with van der Waals surface area (Å²) < 4.78 is 4.88. The molecule has 0 heterocycles. The Morgan fingerprint density at radius 1 is 1.53 bits per heavy atom. The van der Waals surface area contributed by atoms with Gasteiger partial charge in [-0.25, -0.2) is 0 Å². The number of hydrazine groups is 1. The average molecular weight is 208 g/mol. The Labute approximate surface area is 89.4 Å². The molecule has 0 aromatic heterocycles. The van der Waals surface area contributed by atoms with Crippen LogP contribution >= 0.6 is 0 Å². The molecule has 1 aromatic carbocycles. The lowest BCUT2D eigenvalue weighted by Gasteiger charge is -2.10. The predicted octanol–water partition coefficient (Wildman–Crippen LogP) is 1.39. The van der Waals surface area contributed by atoms with Crippen molar-refractivity contribution in [3.63, 3.8) is 0 Å². The van der Waals surface area contributed by atoms with Crippen LogP contribution in [0.2, 0.25) is 0 Å². The minimum atomic E-state index is -0.236. The van der Waals surface area contributed by atoms with E-state index in [-0.39, 0.29) is 12.4 Å². The topological polar surface area (TPSA) is 64.3 Å². The molecule has 82 valence electrons. The summed E-state index contributed by atoms with van der Waals surface area (Å²) in [5.41, 5.74) is 5.27. The molecule has 0 saturated carbocycles. The van der Waals surface area contributed by atoms with Gasteiger partial charge in [-0.05, 0) is 25.0 Å². The highest BCUT2D eigenvalue weighted by atomic mass is 16.5. The SMILES string of the molecule is CCOC(=O)Cc1cccc(C)c1NN. The summed E-state index contributed by atoms with van der Waals surface area (Å²) in [5, 5.41) is 0. The van der Waals surface area contributed by atoms with Crippen molar-refractivity contribution in [2.75, 3.05) is 12.0 Å². The van der Waals surface area contributed by atoms with Gasteiger partial charge in [-0.1, -0.05) is 18.2 Å². The van der Waals surface area contributed by atoms with E-state index in [2.05, 4.69) is 5.43 Å². The van der Waals surface area contributed by atoms with E-state index in [9.17, 15) is 4.79 Å². The number of anilines is 1. The van der Waals surface area contributed by atoms with E-state index in [0.717, 1.165) is 16.8 Å². The minimum absolute atomic E-state index is 0.236. The summed E-state index contributed by atoms with van der Waals surface area (Å²) in [6.07, 6.45) is 0.245. The van der Waals surface area contributed by atoms with Crippen LogP contribution in [-0.2, 0) is 16.0 Å². The van der Waals surface area contributed by atoms with Crippen LogP contribution in [0, 0.1) is 6.92 Å². The molecular formula is C11H16N2O2. The van der Waals surface area contributed by atoms with Gasteiger partial charge in [0.05, 0.1) is 18.7 Å². The maximum Gasteiger partial charge on any atom is 0.310 e. The van der Waals surface area contributed by atoms with Gasteiger partial charge in [-0.15, -0.1) is 0 Å². The van der Waals surface area contributed by atoms with E-state index >= 15 is 0 Å². The summed E-state index contributed by atoms with van der Waals surface area (Å²) in [5.74, 6) is 5.16. The number of hydrogen-bond donors (Lipinski definition) is 2. The largest absolute Gasteiger partial charge is 0.466 e. The molecule has 0 unspecified atom stereocenters. The molecule has 0 bridgehead atoms. The number of nitrogen functional groups attached to an aromatic ring is 1. The van der Waals surface area contributed by atoms with Crippen molar-refractivity contribution in [1.29, 1.82) is 0 Å². The molecule has 0 aliphatic heterocycles. The van der Waals surface area contributed by atoms with Gasteiger partial charge in [0.15, 0.2) is 0 Å². The third-order valence-corrected chi connectivity index (χ3v) is 2.14. The average Bonchev–Trinajstić information content (AvgIpc) is 2.18. The molecule has 0 saturated heterocycles. The first kappa shape index (κ1) is 11.5. The maximum absolute atomic E-state index is 11.3. The smallest absolute Gasteiger partial charge is 0.310 e. The zero-order valence-electron chi connectivity index (χ0n) is 9.04. The highest BCUT2D eigenvalue weighted by Gasteiger charge is 2.09.